The summed E-state index contributed by atoms with van der Waals surface area (Å²) >= 11 is 0. The van der Waals surface area contributed by atoms with Gasteiger partial charge in [0.15, 0.2) is 0 Å². The van der Waals surface area contributed by atoms with Gasteiger partial charge < -0.3 is 9.73 Å². The lowest BCUT2D eigenvalue weighted by molar-refractivity contribution is 0.286. The van der Waals surface area contributed by atoms with E-state index in [-0.39, 0.29) is 0 Å². The molecule has 0 saturated heterocycles. The predicted octanol–water partition coefficient (Wildman–Crippen LogP) is 2.80. The van der Waals surface area contributed by atoms with Crippen molar-refractivity contribution in [3.8, 4) is 0 Å². The van der Waals surface area contributed by atoms with Gasteiger partial charge in [-0.05, 0) is 39.4 Å². The summed E-state index contributed by atoms with van der Waals surface area (Å²) in [5, 5.41) is 3.53. The van der Waals surface area contributed by atoms with Gasteiger partial charge in [0, 0.05) is 19.1 Å². The van der Waals surface area contributed by atoms with E-state index in [0.29, 0.717) is 6.04 Å². The molecule has 1 aromatic heterocycles. The van der Waals surface area contributed by atoms with E-state index in [4.69, 9.17) is 4.42 Å². The number of nitrogens with zero attached hydrogens (tertiary/aromatic N) is 1. The third-order valence-corrected chi connectivity index (χ3v) is 2.93. The quantitative estimate of drug-likeness (QED) is 0.755. The molecule has 1 rings (SSSR count). The molecule has 1 atom stereocenters. The van der Waals surface area contributed by atoms with Crippen LogP contribution in [0, 0.1) is 6.92 Å². The van der Waals surface area contributed by atoms with Crippen molar-refractivity contribution in [3.63, 3.8) is 0 Å². The maximum absolute atomic E-state index is 5.56. The second-order valence-corrected chi connectivity index (χ2v) is 4.89. The highest BCUT2D eigenvalue weighted by atomic mass is 16.3. The molecule has 0 spiro atoms. The van der Waals surface area contributed by atoms with Gasteiger partial charge in [-0.1, -0.05) is 13.3 Å². The second-order valence-electron chi connectivity index (χ2n) is 4.89. The highest BCUT2D eigenvalue weighted by Gasteiger charge is 2.04. The molecule has 1 unspecified atom stereocenters. The molecule has 0 saturated carbocycles. The third-order valence-electron chi connectivity index (χ3n) is 2.93. The van der Waals surface area contributed by atoms with E-state index in [0.717, 1.165) is 31.2 Å². The maximum atomic E-state index is 5.56. The van der Waals surface area contributed by atoms with Crippen LogP contribution in [0.25, 0.3) is 0 Å². The van der Waals surface area contributed by atoms with Gasteiger partial charge in [-0.2, -0.15) is 0 Å². The van der Waals surface area contributed by atoms with E-state index in [1.165, 1.54) is 12.8 Å². The number of nitrogens with one attached hydrogen (secondary N) is 1. The van der Waals surface area contributed by atoms with Gasteiger partial charge in [0.05, 0.1) is 6.54 Å². The Morgan fingerprint density at radius 2 is 2.18 bits per heavy atom. The summed E-state index contributed by atoms with van der Waals surface area (Å²) < 4.78 is 5.56. The molecule has 1 aromatic rings. The minimum Gasteiger partial charge on any atom is -0.465 e. The molecule has 0 bridgehead atoms. The Balaban J connectivity index is 2.15. The molecule has 0 radical (unpaired) electrons. The van der Waals surface area contributed by atoms with E-state index < -0.39 is 0 Å². The third kappa shape index (κ3) is 5.89. The second kappa shape index (κ2) is 7.51. The first-order chi connectivity index (χ1) is 8.11. The first-order valence-electron chi connectivity index (χ1n) is 6.59. The van der Waals surface area contributed by atoms with Crippen LogP contribution in [0.5, 0.6) is 0 Å². The van der Waals surface area contributed by atoms with Gasteiger partial charge in [0.2, 0.25) is 0 Å². The minimum atomic E-state index is 0.624. The van der Waals surface area contributed by atoms with E-state index in [9.17, 15) is 0 Å². The Kier molecular flexibility index (Phi) is 6.30. The van der Waals surface area contributed by atoms with Crippen LogP contribution in [-0.4, -0.2) is 31.1 Å². The van der Waals surface area contributed by atoms with E-state index >= 15 is 0 Å². The van der Waals surface area contributed by atoms with E-state index in [1.807, 2.05) is 13.0 Å². The van der Waals surface area contributed by atoms with Gasteiger partial charge >= 0.3 is 0 Å². The largest absolute Gasteiger partial charge is 0.465 e. The van der Waals surface area contributed by atoms with Crippen molar-refractivity contribution in [1.82, 2.24) is 10.2 Å². The number of aryl methyl sites for hydroxylation is 1. The number of furan rings is 1. The van der Waals surface area contributed by atoms with Crippen molar-refractivity contribution < 1.29 is 4.42 Å². The average molecular weight is 238 g/mol. The summed E-state index contributed by atoms with van der Waals surface area (Å²) in [6, 6.07) is 4.70. The molecule has 17 heavy (non-hydrogen) atoms. The Morgan fingerprint density at radius 1 is 1.41 bits per heavy atom. The van der Waals surface area contributed by atoms with Gasteiger partial charge in [-0.25, -0.2) is 0 Å². The Labute approximate surface area is 105 Å². The molecule has 3 heteroatoms. The van der Waals surface area contributed by atoms with Gasteiger partial charge in [0.1, 0.15) is 11.5 Å². The molecule has 0 aromatic carbocycles. The summed E-state index contributed by atoms with van der Waals surface area (Å²) in [4.78, 5) is 2.28. The normalized spacial score (nSPS) is 13.2. The predicted molar refractivity (Wildman–Crippen MR) is 72.2 cm³/mol. The number of hydrogen-bond acceptors (Lipinski definition) is 3. The van der Waals surface area contributed by atoms with E-state index in [1.54, 1.807) is 0 Å². The van der Waals surface area contributed by atoms with Gasteiger partial charge in [-0.15, -0.1) is 0 Å². The van der Waals surface area contributed by atoms with Crippen LogP contribution in [-0.2, 0) is 6.54 Å². The van der Waals surface area contributed by atoms with Crippen LogP contribution in [0.2, 0.25) is 0 Å². The number of likely N-dealkylation sites (N-methyl/N-ethyl adjacent to an activating group) is 1. The van der Waals surface area contributed by atoms with Crippen LogP contribution in [0.3, 0.4) is 0 Å². The summed E-state index contributed by atoms with van der Waals surface area (Å²) in [7, 11) is 2.13. The smallest absolute Gasteiger partial charge is 0.118 e. The molecule has 0 aliphatic heterocycles. The lowest BCUT2D eigenvalue weighted by atomic mass is 10.2. The van der Waals surface area contributed by atoms with Crippen molar-refractivity contribution >= 4 is 0 Å². The fourth-order valence-electron chi connectivity index (χ4n) is 1.95. The molecule has 0 amide bonds. The molecule has 0 fully saturated rings. The van der Waals surface area contributed by atoms with Crippen molar-refractivity contribution in [1.29, 1.82) is 0 Å². The molecule has 3 nitrogen and oxygen atoms in total. The summed E-state index contributed by atoms with van der Waals surface area (Å²) in [6.07, 6.45) is 2.50. The lowest BCUT2D eigenvalue weighted by Crippen LogP contribution is -2.33. The van der Waals surface area contributed by atoms with Crippen LogP contribution in [0.15, 0.2) is 16.5 Å². The lowest BCUT2D eigenvalue weighted by Gasteiger charge is -2.18. The van der Waals surface area contributed by atoms with Crippen LogP contribution < -0.4 is 5.32 Å². The molecule has 98 valence electrons. The molecular weight excluding hydrogens is 212 g/mol. The molecule has 0 aliphatic rings. The first kappa shape index (κ1) is 14.3. The molecule has 1 N–H and O–H groups in total. The van der Waals surface area contributed by atoms with Crippen LogP contribution in [0.1, 0.15) is 38.2 Å². The fraction of sp³-hybridized carbons (Fsp3) is 0.714. The zero-order valence-corrected chi connectivity index (χ0v) is 11.6. The van der Waals surface area contributed by atoms with Crippen LogP contribution in [0.4, 0.5) is 0 Å². The average Bonchev–Trinajstić information content (AvgIpc) is 2.64. The van der Waals surface area contributed by atoms with Crippen LogP contribution >= 0.6 is 0 Å². The number of rotatable bonds is 8. The summed E-state index contributed by atoms with van der Waals surface area (Å²) in [6.45, 7) is 9.43. The fourth-order valence-corrected chi connectivity index (χ4v) is 1.95. The SMILES string of the molecule is CCCC(C)NCCN(C)Cc1ccc(C)o1. The maximum Gasteiger partial charge on any atom is 0.118 e. The zero-order chi connectivity index (χ0) is 12.7. The molecule has 0 aliphatic carbocycles. The Hall–Kier alpha value is -0.800. The van der Waals surface area contributed by atoms with E-state index in [2.05, 4.69) is 37.2 Å². The Morgan fingerprint density at radius 3 is 2.76 bits per heavy atom. The Bertz CT molecular complexity index is 309. The van der Waals surface area contributed by atoms with Crippen molar-refractivity contribution in [2.24, 2.45) is 0 Å². The first-order valence-corrected chi connectivity index (χ1v) is 6.59. The van der Waals surface area contributed by atoms with Crippen molar-refractivity contribution in [3.05, 3.63) is 23.7 Å². The van der Waals surface area contributed by atoms with Crippen molar-refractivity contribution in [2.45, 2.75) is 46.2 Å². The topological polar surface area (TPSA) is 28.4 Å². The monoisotopic (exact) mass is 238 g/mol. The molecular formula is C14H26N2O. The molecule has 1 heterocycles. The highest BCUT2D eigenvalue weighted by molar-refractivity contribution is 5.05. The zero-order valence-electron chi connectivity index (χ0n) is 11.6. The summed E-state index contributed by atoms with van der Waals surface area (Å²) in [5.41, 5.74) is 0. The van der Waals surface area contributed by atoms with Crippen molar-refractivity contribution in [2.75, 3.05) is 20.1 Å². The minimum absolute atomic E-state index is 0.624. The highest BCUT2D eigenvalue weighted by Crippen LogP contribution is 2.08. The van der Waals surface area contributed by atoms with Gasteiger partial charge in [0.25, 0.3) is 0 Å². The number of hydrogen-bond donors (Lipinski definition) is 1. The standard InChI is InChI=1S/C14H26N2O/c1-5-6-12(2)15-9-10-16(4)11-14-8-7-13(3)17-14/h7-8,12,15H,5-6,9-11H2,1-4H3. The summed E-state index contributed by atoms with van der Waals surface area (Å²) in [5.74, 6) is 2.04. The van der Waals surface area contributed by atoms with Gasteiger partial charge in [-0.3, -0.25) is 4.90 Å².